The molecule has 0 bridgehead atoms. The van der Waals surface area contributed by atoms with E-state index in [1.807, 2.05) is 11.8 Å². The highest BCUT2D eigenvalue weighted by Crippen LogP contribution is 2.33. The zero-order valence-corrected chi connectivity index (χ0v) is 10.1. The lowest BCUT2D eigenvalue weighted by Gasteiger charge is -2.23. The summed E-state index contributed by atoms with van der Waals surface area (Å²) >= 11 is 2.01. The van der Waals surface area contributed by atoms with Crippen LogP contribution in [0.1, 0.15) is 38.3 Å². The van der Waals surface area contributed by atoms with Gasteiger partial charge in [0.25, 0.3) is 0 Å². The first kappa shape index (κ1) is 10.1. The van der Waals surface area contributed by atoms with E-state index in [0.29, 0.717) is 0 Å². The second kappa shape index (κ2) is 3.62. The lowest BCUT2D eigenvalue weighted by Crippen LogP contribution is -2.12. The Balaban J connectivity index is 2.39. The number of aryl methyl sites for hydroxylation is 1. The van der Waals surface area contributed by atoms with Crippen LogP contribution in [0, 0.1) is 0 Å². The van der Waals surface area contributed by atoms with E-state index in [0.717, 1.165) is 0 Å². The molecule has 0 radical (unpaired) electrons. The van der Waals surface area contributed by atoms with E-state index in [1.54, 1.807) is 5.56 Å². The quantitative estimate of drug-likeness (QED) is 0.618. The van der Waals surface area contributed by atoms with Gasteiger partial charge < -0.3 is 0 Å². The maximum Gasteiger partial charge on any atom is 0.0104 e. The standard InChI is InChI=1S/C13H18S/c1-13(2,3)11-6-7-12-10(9-11)5-4-8-14-12/h6-7,9H,4-5,8H2,1-3H3. The number of benzene rings is 1. The van der Waals surface area contributed by atoms with Crippen molar-refractivity contribution in [2.75, 3.05) is 5.75 Å². The molecule has 0 unspecified atom stereocenters. The molecule has 1 aliphatic rings. The van der Waals surface area contributed by atoms with E-state index in [-0.39, 0.29) is 5.41 Å². The number of thioether (sulfide) groups is 1. The summed E-state index contributed by atoms with van der Waals surface area (Å²) in [4.78, 5) is 1.50. The van der Waals surface area contributed by atoms with Gasteiger partial charge in [-0.15, -0.1) is 11.8 Å². The van der Waals surface area contributed by atoms with Crippen LogP contribution in [0.15, 0.2) is 23.1 Å². The summed E-state index contributed by atoms with van der Waals surface area (Å²) in [5.41, 5.74) is 3.32. The Kier molecular flexibility index (Phi) is 2.61. The molecule has 0 saturated heterocycles. The van der Waals surface area contributed by atoms with Crippen LogP contribution in [0.2, 0.25) is 0 Å². The van der Waals surface area contributed by atoms with Crippen LogP contribution in [0.5, 0.6) is 0 Å². The fourth-order valence-corrected chi connectivity index (χ4v) is 2.85. The minimum absolute atomic E-state index is 0.289. The maximum absolute atomic E-state index is 2.40. The lowest BCUT2D eigenvalue weighted by molar-refractivity contribution is 0.588. The van der Waals surface area contributed by atoms with Gasteiger partial charge in [0.15, 0.2) is 0 Å². The molecule has 1 heterocycles. The van der Waals surface area contributed by atoms with Crippen molar-refractivity contribution in [3.05, 3.63) is 29.3 Å². The minimum Gasteiger partial charge on any atom is -0.126 e. The summed E-state index contributed by atoms with van der Waals surface area (Å²) < 4.78 is 0. The molecular formula is C13H18S. The van der Waals surface area contributed by atoms with Crippen LogP contribution in [-0.2, 0) is 11.8 Å². The van der Waals surface area contributed by atoms with Gasteiger partial charge in [-0.05, 0) is 41.2 Å². The third kappa shape index (κ3) is 1.98. The van der Waals surface area contributed by atoms with Crippen LogP contribution in [0.25, 0.3) is 0 Å². The van der Waals surface area contributed by atoms with Crippen LogP contribution < -0.4 is 0 Å². The van der Waals surface area contributed by atoms with E-state index in [4.69, 9.17) is 0 Å². The highest BCUT2D eigenvalue weighted by Gasteiger charge is 2.16. The second-order valence-electron chi connectivity index (χ2n) is 5.02. The third-order valence-electron chi connectivity index (χ3n) is 2.77. The van der Waals surface area contributed by atoms with Crippen molar-refractivity contribution >= 4 is 11.8 Å². The Labute approximate surface area is 91.1 Å². The smallest absolute Gasteiger partial charge is 0.0104 e. The molecule has 0 aromatic heterocycles. The van der Waals surface area contributed by atoms with Gasteiger partial charge in [-0.2, -0.15) is 0 Å². The third-order valence-corrected chi connectivity index (χ3v) is 3.98. The summed E-state index contributed by atoms with van der Waals surface area (Å²) in [7, 11) is 0. The number of fused-ring (bicyclic) bond motifs is 1. The summed E-state index contributed by atoms with van der Waals surface area (Å²) in [5, 5.41) is 0. The molecule has 14 heavy (non-hydrogen) atoms. The summed E-state index contributed by atoms with van der Waals surface area (Å²) in [6.45, 7) is 6.85. The molecule has 1 aromatic rings. The molecule has 0 atom stereocenters. The average molecular weight is 206 g/mol. The van der Waals surface area contributed by atoms with Gasteiger partial charge in [-0.1, -0.05) is 32.9 Å². The summed E-state index contributed by atoms with van der Waals surface area (Å²) in [5.74, 6) is 1.29. The normalized spacial score (nSPS) is 16.5. The molecule has 0 fully saturated rings. The predicted molar refractivity (Wildman–Crippen MR) is 64.2 cm³/mol. The highest BCUT2D eigenvalue weighted by atomic mass is 32.2. The molecule has 76 valence electrons. The Bertz CT molecular complexity index is 334. The lowest BCUT2D eigenvalue weighted by atomic mass is 9.86. The van der Waals surface area contributed by atoms with E-state index < -0.39 is 0 Å². The van der Waals surface area contributed by atoms with Gasteiger partial charge >= 0.3 is 0 Å². The molecule has 1 heteroatoms. The number of hydrogen-bond donors (Lipinski definition) is 0. The average Bonchev–Trinajstić information content (AvgIpc) is 2.16. The van der Waals surface area contributed by atoms with Gasteiger partial charge in [-0.3, -0.25) is 0 Å². The fraction of sp³-hybridized carbons (Fsp3) is 0.538. The second-order valence-corrected chi connectivity index (χ2v) is 6.16. The molecule has 0 spiro atoms. The largest absolute Gasteiger partial charge is 0.126 e. The Hall–Kier alpha value is -0.430. The highest BCUT2D eigenvalue weighted by molar-refractivity contribution is 7.99. The van der Waals surface area contributed by atoms with Crippen LogP contribution in [-0.4, -0.2) is 5.75 Å². The molecule has 0 saturated carbocycles. The fourth-order valence-electron chi connectivity index (χ4n) is 1.83. The van der Waals surface area contributed by atoms with Crippen molar-refractivity contribution in [3.63, 3.8) is 0 Å². The molecule has 0 N–H and O–H groups in total. The van der Waals surface area contributed by atoms with Crippen molar-refractivity contribution in [1.29, 1.82) is 0 Å². The van der Waals surface area contributed by atoms with Crippen molar-refractivity contribution in [3.8, 4) is 0 Å². The van der Waals surface area contributed by atoms with Crippen molar-refractivity contribution < 1.29 is 0 Å². The molecule has 0 amide bonds. The molecular weight excluding hydrogens is 188 g/mol. The Morgan fingerprint density at radius 1 is 1.21 bits per heavy atom. The zero-order valence-electron chi connectivity index (χ0n) is 9.26. The predicted octanol–water partition coefficient (Wildman–Crippen LogP) is 4.02. The first-order chi connectivity index (χ1) is 6.57. The topological polar surface area (TPSA) is 0 Å². The first-order valence-corrected chi connectivity index (χ1v) is 6.32. The number of hydrogen-bond acceptors (Lipinski definition) is 1. The monoisotopic (exact) mass is 206 g/mol. The van der Waals surface area contributed by atoms with Crippen molar-refractivity contribution in [1.82, 2.24) is 0 Å². The zero-order chi connectivity index (χ0) is 10.2. The summed E-state index contributed by atoms with van der Waals surface area (Å²) in [6, 6.07) is 7.00. The van der Waals surface area contributed by atoms with Gasteiger partial charge in [0.2, 0.25) is 0 Å². The SMILES string of the molecule is CC(C)(C)c1ccc2c(c1)CCCS2. The van der Waals surface area contributed by atoms with Crippen molar-refractivity contribution in [2.24, 2.45) is 0 Å². The number of rotatable bonds is 0. The molecule has 1 aliphatic heterocycles. The van der Waals surface area contributed by atoms with Crippen LogP contribution in [0.3, 0.4) is 0 Å². The maximum atomic E-state index is 2.40. The Morgan fingerprint density at radius 3 is 2.71 bits per heavy atom. The van der Waals surface area contributed by atoms with E-state index >= 15 is 0 Å². The molecule has 0 aliphatic carbocycles. The van der Waals surface area contributed by atoms with E-state index in [2.05, 4.69) is 39.0 Å². The minimum atomic E-state index is 0.289. The summed E-state index contributed by atoms with van der Waals surface area (Å²) in [6.07, 6.45) is 2.61. The van der Waals surface area contributed by atoms with Crippen LogP contribution >= 0.6 is 11.8 Å². The Morgan fingerprint density at radius 2 is 2.00 bits per heavy atom. The van der Waals surface area contributed by atoms with Crippen molar-refractivity contribution in [2.45, 2.75) is 43.9 Å². The van der Waals surface area contributed by atoms with Gasteiger partial charge in [0.05, 0.1) is 0 Å². The van der Waals surface area contributed by atoms with Gasteiger partial charge in [0, 0.05) is 4.90 Å². The van der Waals surface area contributed by atoms with Gasteiger partial charge in [0.1, 0.15) is 0 Å². The molecule has 1 aromatic carbocycles. The van der Waals surface area contributed by atoms with E-state index in [1.165, 1.54) is 29.1 Å². The van der Waals surface area contributed by atoms with Crippen LogP contribution in [0.4, 0.5) is 0 Å². The van der Waals surface area contributed by atoms with E-state index in [9.17, 15) is 0 Å². The molecule has 2 rings (SSSR count). The van der Waals surface area contributed by atoms with Gasteiger partial charge in [-0.25, -0.2) is 0 Å². The first-order valence-electron chi connectivity index (χ1n) is 5.33. The molecule has 0 nitrogen and oxygen atoms in total.